The van der Waals surface area contributed by atoms with Gasteiger partial charge in [0.25, 0.3) is 5.56 Å². The van der Waals surface area contributed by atoms with Crippen molar-refractivity contribution >= 4 is 22.6 Å². The molecule has 0 aromatic carbocycles. The third-order valence-corrected chi connectivity index (χ3v) is 3.03. The number of carbonyl (C=O) groups excluding carboxylic acids is 1. The fourth-order valence-corrected chi connectivity index (χ4v) is 2.00. The molecule has 0 radical (unpaired) electrons. The van der Waals surface area contributed by atoms with Gasteiger partial charge in [-0.15, -0.1) is 5.10 Å². The zero-order valence-electron chi connectivity index (χ0n) is 11.2. The van der Waals surface area contributed by atoms with Crippen LogP contribution in [-0.4, -0.2) is 42.2 Å². The number of ether oxygens (including phenoxy) is 1. The van der Waals surface area contributed by atoms with Crippen LogP contribution in [0.25, 0.3) is 16.7 Å². The molecular weight excluding hydrogens is 280 g/mol. The molecule has 0 aliphatic rings. The zero-order chi connectivity index (χ0) is 15.1. The van der Waals surface area contributed by atoms with Gasteiger partial charge in [-0.2, -0.15) is 4.52 Å². The predicted octanol–water partition coefficient (Wildman–Crippen LogP) is -1.16. The summed E-state index contributed by atoms with van der Waals surface area (Å²) in [5, 5.41) is 11.0. The first-order chi connectivity index (χ1) is 10.0. The number of hydrogen-bond donors (Lipinski definition) is 1. The highest BCUT2D eigenvalue weighted by Gasteiger charge is 2.19. The number of rotatable bonds is 2. The summed E-state index contributed by atoms with van der Waals surface area (Å²) in [5.41, 5.74) is -0.885. The second kappa shape index (κ2) is 4.51. The average molecular weight is 290 g/mol. The van der Waals surface area contributed by atoms with Gasteiger partial charge >= 0.3 is 11.7 Å². The number of aromatic nitrogens is 6. The van der Waals surface area contributed by atoms with Crippen LogP contribution in [0.15, 0.2) is 15.7 Å². The Bertz CT molecular complexity index is 982. The van der Waals surface area contributed by atoms with Crippen LogP contribution >= 0.6 is 0 Å². The Morgan fingerprint density at radius 3 is 2.90 bits per heavy atom. The number of esters is 1. The summed E-state index contributed by atoms with van der Waals surface area (Å²) < 4.78 is 6.95. The largest absolute Gasteiger partial charge is 0.462 e. The van der Waals surface area contributed by atoms with E-state index < -0.39 is 17.2 Å². The molecule has 0 amide bonds. The Labute approximate surface area is 116 Å². The van der Waals surface area contributed by atoms with Crippen molar-refractivity contribution in [2.75, 3.05) is 6.61 Å². The van der Waals surface area contributed by atoms with Gasteiger partial charge in [0.05, 0.1) is 12.0 Å². The molecule has 0 saturated carbocycles. The van der Waals surface area contributed by atoms with E-state index in [2.05, 4.69) is 20.5 Å². The van der Waals surface area contributed by atoms with E-state index in [4.69, 9.17) is 4.74 Å². The Hall–Kier alpha value is -3.04. The second-order valence-electron chi connectivity index (χ2n) is 4.25. The summed E-state index contributed by atoms with van der Waals surface area (Å²) in [6, 6.07) is 1.32. The van der Waals surface area contributed by atoms with Gasteiger partial charge in [0.15, 0.2) is 11.3 Å². The fraction of sp³-hybridized carbons (Fsp3) is 0.273. The van der Waals surface area contributed by atoms with Crippen molar-refractivity contribution in [1.82, 2.24) is 29.6 Å². The fourth-order valence-electron chi connectivity index (χ4n) is 2.00. The van der Waals surface area contributed by atoms with E-state index in [1.54, 1.807) is 6.92 Å². The molecule has 10 nitrogen and oxygen atoms in total. The molecule has 3 aromatic heterocycles. The van der Waals surface area contributed by atoms with Crippen molar-refractivity contribution in [3.05, 3.63) is 32.5 Å². The summed E-state index contributed by atoms with van der Waals surface area (Å²) in [4.78, 5) is 38.3. The summed E-state index contributed by atoms with van der Waals surface area (Å²) >= 11 is 0. The molecule has 0 bridgehead atoms. The molecule has 21 heavy (non-hydrogen) atoms. The molecule has 3 aromatic rings. The van der Waals surface area contributed by atoms with Crippen LogP contribution in [0.3, 0.4) is 0 Å². The van der Waals surface area contributed by atoms with E-state index in [1.807, 2.05) is 0 Å². The SMILES string of the molecule is CCOC(=O)c1cc2c(=O)n(C)c(=O)[nH]c2n2nnnc12. The lowest BCUT2D eigenvalue weighted by Gasteiger charge is -2.06. The number of nitrogens with zero attached hydrogens (tertiary/aromatic N) is 5. The maximum Gasteiger partial charge on any atom is 0.342 e. The summed E-state index contributed by atoms with van der Waals surface area (Å²) in [5.74, 6) is -0.646. The lowest BCUT2D eigenvalue weighted by Crippen LogP contribution is -2.33. The average Bonchev–Trinajstić information content (AvgIpc) is 2.94. The molecule has 0 unspecified atom stereocenters. The highest BCUT2D eigenvalue weighted by atomic mass is 16.5. The summed E-state index contributed by atoms with van der Waals surface area (Å²) in [6.45, 7) is 1.84. The Morgan fingerprint density at radius 2 is 2.19 bits per heavy atom. The first-order valence-corrected chi connectivity index (χ1v) is 6.05. The summed E-state index contributed by atoms with van der Waals surface area (Å²) in [7, 11) is 1.33. The van der Waals surface area contributed by atoms with Crippen molar-refractivity contribution in [2.24, 2.45) is 7.05 Å². The minimum absolute atomic E-state index is 0.0542. The van der Waals surface area contributed by atoms with Gasteiger partial charge in [-0.3, -0.25) is 14.3 Å². The highest BCUT2D eigenvalue weighted by Crippen LogP contribution is 2.14. The van der Waals surface area contributed by atoms with Crippen LogP contribution in [0.2, 0.25) is 0 Å². The normalized spacial score (nSPS) is 11.1. The van der Waals surface area contributed by atoms with Crippen LogP contribution < -0.4 is 11.2 Å². The van der Waals surface area contributed by atoms with E-state index in [9.17, 15) is 14.4 Å². The topological polar surface area (TPSA) is 124 Å². The Morgan fingerprint density at radius 1 is 1.43 bits per heavy atom. The van der Waals surface area contributed by atoms with E-state index in [0.717, 1.165) is 9.08 Å². The van der Waals surface area contributed by atoms with Gasteiger partial charge in [0.2, 0.25) is 0 Å². The first kappa shape index (κ1) is 13.0. The predicted molar refractivity (Wildman–Crippen MR) is 70.1 cm³/mol. The van der Waals surface area contributed by atoms with Crippen LogP contribution in [0.4, 0.5) is 0 Å². The number of tetrazole rings is 1. The van der Waals surface area contributed by atoms with E-state index in [-0.39, 0.29) is 28.9 Å². The van der Waals surface area contributed by atoms with Crippen molar-refractivity contribution < 1.29 is 9.53 Å². The number of carbonyl (C=O) groups is 1. The molecule has 3 rings (SSSR count). The van der Waals surface area contributed by atoms with E-state index in [0.29, 0.717) is 0 Å². The minimum Gasteiger partial charge on any atom is -0.462 e. The number of nitrogens with one attached hydrogen (secondary N) is 1. The van der Waals surface area contributed by atoms with Gasteiger partial charge in [0, 0.05) is 7.05 Å². The molecule has 0 fully saturated rings. The summed E-state index contributed by atoms with van der Waals surface area (Å²) in [6.07, 6.45) is 0. The maximum atomic E-state index is 12.2. The smallest absolute Gasteiger partial charge is 0.342 e. The van der Waals surface area contributed by atoms with Gasteiger partial charge in [-0.25, -0.2) is 9.59 Å². The number of aromatic amines is 1. The van der Waals surface area contributed by atoms with Crippen LogP contribution in [0.5, 0.6) is 0 Å². The molecular formula is C11H10N6O4. The lowest BCUT2D eigenvalue weighted by atomic mass is 10.2. The number of pyridine rings is 1. The number of hydrogen-bond acceptors (Lipinski definition) is 7. The van der Waals surface area contributed by atoms with Gasteiger partial charge in [-0.1, -0.05) is 0 Å². The van der Waals surface area contributed by atoms with Crippen LogP contribution in [0.1, 0.15) is 17.3 Å². The van der Waals surface area contributed by atoms with Gasteiger partial charge in [-0.05, 0) is 23.4 Å². The van der Waals surface area contributed by atoms with Gasteiger partial charge < -0.3 is 4.74 Å². The third kappa shape index (κ3) is 1.80. The van der Waals surface area contributed by atoms with Crippen molar-refractivity contribution in [2.45, 2.75) is 6.92 Å². The quantitative estimate of drug-likeness (QED) is 0.590. The number of H-pyrrole nitrogens is 1. The molecule has 0 spiro atoms. The minimum atomic E-state index is -0.646. The molecule has 10 heteroatoms. The number of fused-ring (bicyclic) bond motifs is 3. The molecule has 0 aliphatic heterocycles. The van der Waals surface area contributed by atoms with Crippen LogP contribution in [-0.2, 0) is 11.8 Å². The maximum absolute atomic E-state index is 12.2. The first-order valence-electron chi connectivity index (χ1n) is 6.05. The monoisotopic (exact) mass is 290 g/mol. The van der Waals surface area contributed by atoms with E-state index >= 15 is 0 Å². The standard InChI is InChI=1S/C11H10N6O4/c1-3-21-10(19)6-4-5-7(17-8(6)13-14-15-17)12-11(20)16(2)9(5)18/h4H,3H2,1-2H3,(H,12,20). The zero-order valence-corrected chi connectivity index (χ0v) is 11.2. The Kier molecular flexibility index (Phi) is 2.78. The third-order valence-electron chi connectivity index (χ3n) is 3.03. The van der Waals surface area contributed by atoms with Gasteiger partial charge in [0.1, 0.15) is 5.56 Å². The van der Waals surface area contributed by atoms with Crippen molar-refractivity contribution in [3.63, 3.8) is 0 Å². The van der Waals surface area contributed by atoms with Crippen molar-refractivity contribution in [3.8, 4) is 0 Å². The van der Waals surface area contributed by atoms with E-state index in [1.165, 1.54) is 13.1 Å². The highest BCUT2D eigenvalue weighted by molar-refractivity contribution is 5.99. The second-order valence-corrected chi connectivity index (χ2v) is 4.25. The molecule has 3 heterocycles. The lowest BCUT2D eigenvalue weighted by molar-refractivity contribution is 0.0528. The Balaban J connectivity index is 2.50. The van der Waals surface area contributed by atoms with Crippen LogP contribution in [0, 0.1) is 0 Å². The van der Waals surface area contributed by atoms with Crippen molar-refractivity contribution in [1.29, 1.82) is 0 Å². The molecule has 1 N–H and O–H groups in total. The molecule has 0 saturated heterocycles. The molecule has 108 valence electrons. The molecule has 0 atom stereocenters. The molecule has 0 aliphatic carbocycles.